The highest BCUT2D eigenvalue weighted by atomic mass is 35.5. The number of anilines is 1. The van der Waals surface area contributed by atoms with Crippen LogP contribution in [0.2, 0.25) is 5.02 Å². The van der Waals surface area contributed by atoms with Gasteiger partial charge in [0.25, 0.3) is 0 Å². The smallest absolute Gasteiger partial charge is 0.377 e. The van der Waals surface area contributed by atoms with Gasteiger partial charge in [-0.05, 0) is 63.9 Å². The third kappa shape index (κ3) is 4.50. The van der Waals surface area contributed by atoms with Gasteiger partial charge < -0.3 is 9.88 Å². The summed E-state index contributed by atoms with van der Waals surface area (Å²) in [5, 5.41) is 13.3. The molecule has 4 aromatic rings. The van der Waals surface area contributed by atoms with Crippen molar-refractivity contribution >= 4 is 17.3 Å². The van der Waals surface area contributed by atoms with Gasteiger partial charge in [0, 0.05) is 36.6 Å². The lowest BCUT2D eigenvalue weighted by Crippen LogP contribution is -2.21. The lowest BCUT2D eigenvalue weighted by molar-refractivity contribution is -0.140. The number of benzene rings is 1. The van der Waals surface area contributed by atoms with Crippen molar-refractivity contribution in [2.75, 3.05) is 5.32 Å². The monoisotopic (exact) mass is 517 g/mol. The highest BCUT2D eigenvalue weighted by Gasteiger charge is 2.35. The van der Waals surface area contributed by atoms with E-state index in [1.165, 1.54) is 4.57 Å². The maximum absolute atomic E-state index is 13.1. The molecule has 0 radical (unpaired) electrons. The molecule has 7 nitrogen and oxygen atoms in total. The summed E-state index contributed by atoms with van der Waals surface area (Å²) in [7, 11) is 0. The fourth-order valence-corrected chi connectivity index (χ4v) is 4.89. The maximum atomic E-state index is 13.1. The van der Waals surface area contributed by atoms with Crippen LogP contribution in [0.5, 0.6) is 0 Å². The Bertz CT molecular complexity index is 1370. The van der Waals surface area contributed by atoms with Crippen molar-refractivity contribution in [1.82, 2.24) is 29.1 Å². The summed E-state index contributed by atoms with van der Waals surface area (Å²) in [4.78, 5) is 3.84. The summed E-state index contributed by atoms with van der Waals surface area (Å²) >= 11 is 6.45. The molecule has 0 saturated heterocycles. The summed E-state index contributed by atoms with van der Waals surface area (Å²) in [6, 6.07) is 9.58. The Morgan fingerprint density at radius 1 is 1.19 bits per heavy atom. The molecule has 4 heterocycles. The van der Waals surface area contributed by atoms with Crippen molar-refractivity contribution in [2.24, 2.45) is 0 Å². The molecule has 0 fully saturated rings. The van der Waals surface area contributed by atoms with Crippen molar-refractivity contribution in [1.29, 1.82) is 0 Å². The Labute approximate surface area is 211 Å². The zero-order valence-electron chi connectivity index (χ0n) is 20.2. The van der Waals surface area contributed by atoms with Gasteiger partial charge in [0.1, 0.15) is 17.2 Å². The number of nitrogens with zero attached hydrogens (tertiary/aromatic N) is 6. The van der Waals surface area contributed by atoms with E-state index in [0.717, 1.165) is 48.4 Å². The van der Waals surface area contributed by atoms with Gasteiger partial charge in [0.15, 0.2) is 5.69 Å². The van der Waals surface area contributed by atoms with E-state index in [0.29, 0.717) is 23.0 Å². The Morgan fingerprint density at radius 2 is 1.94 bits per heavy atom. The molecule has 0 unspecified atom stereocenters. The van der Waals surface area contributed by atoms with Crippen LogP contribution in [0, 0.1) is 0 Å². The SMILES string of the molecule is CCn1cc(C(F)(F)F)nc1-c1ccc(N[C@H]2CCCn3nc(-c4c(Cl)cnn4C(C)C)cc32)cc1. The summed E-state index contributed by atoms with van der Waals surface area (Å²) < 4.78 is 44.8. The molecule has 0 aliphatic carbocycles. The number of alkyl halides is 3. The van der Waals surface area contributed by atoms with E-state index in [1.54, 1.807) is 25.3 Å². The molecule has 0 saturated carbocycles. The van der Waals surface area contributed by atoms with Gasteiger partial charge in [-0.15, -0.1) is 0 Å². The zero-order valence-corrected chi connectivity index (χ0v) is 21.0. The maximum Gasteiger partial charge on any atom is 0.434 e. The van der Waals surface area contributed by atoms with Gasteiger partial charge in [-0.2, -0.15) is 23.4 Å². The first-order valence-corrected chi connectivity index (χ1v) is 12.4. The Morgan fingerprint density at radius 3 is 2.61 bits per heavy atom. The minimum atomic E-state index is -4.48. The molecule has 3 aromatic heterocycles. The largest absolute Gasteiger partial charge is 0.434 e. The number of rotatable bonds is 6. The number of nitrogens with one attached hydrogen (secondary N) is 1. The van der Waals surface area contributed by atoms with Crippen LogP contribution in [0.25, 0.3) is 22.8 Å². The van der Waals surface area contributed by atoms with Crippen LogP contribution in [0.4, 0.5) is 18.9 Å². The minimum Gasteiger partial charge on any atom is -0.377 e. The summed E-state index contributed by atoms with van der Waals surface area (Å²) in [6.45, 7) is 7.11. The molecule has 0 amide bonds. The van der Waals surface area contributed by atoms with Crippen molar-refractivity contribution < 1.29 is 13.2 Å². The van der Waals surface area contributed by atoms with Crippen LogP contribution in [0.1, 0.15) is 57.1 Å². The molecule has 190 valence electrons. The number of hydrogen-bond acceptors (Lipinski definition) is 4. The average molecular weight is 518 g/mol. The number of imidazole rings is 1. The highest BCUT2D eigenvalue weighted by molar-refractivity contribution is 6.32. The predicted octanol–water partition coefficient (Wildman–Crippen LogP) is 6.83. The molecule has 0 spiro atoms. The highest BCUT2D eigenvalue weighted by Crippen LogP contribution is 2.36. The molecular weight excluding hydrogens is 491 g/mol. The van der Waals surface area contributed by atoms with E-state index >= 15 is 0 Å². The second-order valence-electron chi connectivity index (χ2n) is 9.21. The van der Waals surface area contributed by atoms with Crippen molar-refractivity contribution in [3.63, 3.8) is 0 Å². The molecule has 0 bridgehead atoms. The molecule has 1 N–H and O–H groups in total. The van der Waals surface area contributed by atoms with E-state index in [2.05, 4.69) is 21.5 Å². The lowest BCUT2D eigenvalue weighted by atomic mass is 10.0. The van der Waals surface area contributed by atoms with Gasteiger partial charge >= 0.3 is 6.18 Å². The van der Waals surface area contributed by atoms with Crippen molar-refractivity contribution in [2.45, 2.75) is 65.0 Å². The molecular formula is C25H27ClF3N7. The Balaban J connectivity index is 1.39. The van der Waals surface area contributed by atoms with Crippen LogP contribution in [-0.2, 0) is 19.3 Å². The van der Waals surface area contributed by atoms with E-state index in [1.807, 2.05) is 35.3 Å². The van der Waals surface area contributed by atoms with E-state index in [-0.39, 0.29) is 12.1 Å². The molecule has 1 aromatic carbocycles. The van der Waals surface area contributed by atoms with Gasteiger partial charge in [0.05, 0.1) is 23.0 Å². The first-order chi connectivity index (χ1) is 17.2. The standard InChI is InChI=1S/C25H27ClF3N7/c1-4-34-14-22(25(27,28)29)32-24(34)16-7-9-17(10-8-16)31-19-6-5-11-35-21(19)12-20(33-35)23-18(26)13-30-36(23)15(2)3/h7-10,12-15,19,31H,4-6,11H2,1-3H3/t19-/m0/s1. The molecule has 36 heavy (non-hydrogen) atoms. The third-order valence-corrected chi connectivity index (χ3v) is 6.68. The summed E-state index contributed by atoms with van der Waals surface area (Å²) in [6.07, 6.45) is 0.124. The molecule has 1 aliphatic heterocycles. The first kappa shape index (κ1) is 24.4. The molecule has 1 atom stereocenters. The number of aryl methyl sites for hydroxylation is 2. The topological polar surface area (TPSA) is 65.5 Å². The third-order valence-electron chi connectivity index (χ3n) is 6.41. The Hall–Kier alpha value is -3.27. The minimum absolute atomic E-state index is 0.0366. The summed E-state index contributed by atoms with van der Waals surface area (Å²) in [5.41, 5.74) is 3.27. The fourth-order valence-electron chi connectivity index (χ4n) is 4.66. The van der Waals surface area contributed by atoms with Gasteiger partial charge in [0.2, 0.25) is 0 Å². The van der Waals surface area contributed by atoms with Crippen molar-refractivity contribution in [3.05, 3.63) is 59.1 Å². The second-order valence-corrected chi connectivity index (χ2v) is 9.61. The van der Waals surface area contributed by atoms with Gasteiger partial charge in [-0.1, -0.05) is 11.6 Å². The molecule has 11 heteroatoms. The van der Waals surface area contributed by atoms with Crippen LogP contribution >= 0.6 is 11.6 Å². The summed E-state index contributed by atoms with van der Waals surface area (Å²) in [5.74, 6) is 0.301. The average Bonchev–Trinajstić information content (AvgIpc) is 3.55. The normalized spacial score (nSPS) is 15.9. The second kappa shape index (κ2) is 9.31. The van der Waals surface area contributed by atoms with Gasteiger partial charge in [-0.3, -0.25) is 9.36 Å². The quantitative estimate of drug-likeness (QED) is 0.304. The van der Waals surface area contributed by atoms with Gasteiger partial charge in [-0.25, -0.2) is 4.98 Å². The van der Waals surface area contributed by atoms with E-state index in [9.17, 15) is 13.2 Å². The van der Waals surface area contributed by atoms with Crippen LogP contribution in [0.15, 0.2) is 42.7 Å². The number of hydrogen-bond donors (Lipinski definition) is 1. The lowest BCUT2D eigenvalue weighted by Gasteiger charge is -2.25. The van der Waals surface area contributed by atoms with E-state index < -0.39 is 11.9 Å². The van der Waals surface area contributed by atoms with Crippen LogP contribution < -0.4 is 5.32 Å². The number of halogens is 4. The number of aromatic nitrogens is 6. The number of fused-ring (bicyclic) bond motifs is 1. The fraction of sp³-hybridized carbons (Fsp3) is 0.400. The van der Waals surface area contributed by atoms with Crippen LogP contribution in [-0.4, -0.2) is 29.1 Å². The van der Waals surface area contributed by atoms with Crippen molar-refractivity contribution in [3.8, 4) is 22.8 Å². The molecule has 1 aliphatic rings. The Kier molecular flexibility index (Phi) is 6.32. The molecule has 5 rings (SSSR count). The van der Waals surface area contributed by atoms with E-state index in [4.69, 9.17) is 16.7 Å². The first-order valence-electron chi connectivity index (χ1n) is 12.0. The predicted molar refractivity (Wildman–Crippen MR) is 133 cm³/mol. The van der Waals surface area contributed by atoms with Crippen LogP contribution in [0.3, 0.4) is 0 Å². The zero-order chi connectivity index (χ0) is 25.6.